The van der Waals surface area contributed by atoms with Gasteiger partial charge in [0.25, 0.3) is 5.69 Å². The van der Waals surface area contributed by atoms with E-state index in [1.165, 1.54) is 0 Å². The lowest BCUT2D eigenvalue weighted by atomic mass is 9.90. The largest absolute Gasteiger partial charge is 0.316 e. The minimum Gasteiger partial charge on any atom is -0.316 e. The Kier molecular flexibility index (Phi) is 2.97. The van der Waals surface area contributed by atoms with E-state index in [2.05, 4.69) is 5.32 Å². The van der Waals surface area contributed by atoms with E-state index in [1.54, 1.807) is 12.1 Å². The summed E-state index contributed by atoms with van der Waals surface area (Å²) < 4.78 is 0. The summed E-state index contributed by atoms with van der Waals surface area (Å²) in [5.74, 6) is 0.292. The van der Waals surface area contributed by atoms with Crippen molar-refractivity contribution in [2.45, 2.75) is 18.8 Å². The number of para-hydroxylation sites is 1. The Hall–Kier alpha value is -1.42. The first-order valence-electron chi connectivity index (χ1n) is 5.23. The van der Waals surface area contributed by atoms with Crippen LogP contribution >= 0.6 is 0 Å². The van der Waals surface area contributed by atoms with E-state index in [1.807, 2.05) is 12.1 Å². The fourth-order valence-corrected chi connectivity index (χ4v) is 2.12. The summed E-state index contributed by atoms with van der Waals surface area (Å²) in [6, 6.07) is 7.05. The van der Waals surface area contributed by atoms with E-state index in [0.717, 1.165) is 31.5 Å². The number of nitrogens with zero attached hydrogens (tertiary/aromatic N) is 1. The molecule has 1 aliphatic rings. The van der Waals surface area contributed by atoms with Crippen LogP contribution in [0.4, 0.5) is 5.69 Å². The predicted molar refractivity (Wildman–Crippen MR) is 57.9 cm³/mol. The third kappa shape index (κ3) is 2.15. The molecule has 1 N–H and O–H groups in total. The SMILES string of the molecule is O=[N+]([O-])c1ccccc1[C@@H]1CCCNC1. The van der Waals surface area contributed by atoms with Gasteiger partial charge in [0.2, 0.25) is 0 Å². The number of nitrogens with one attached hydrogen (secondary N) is 1. The molecular weight excluding hydrogens is 192 g/mol. The maximum absolute atomic E-state index is 10.8. The van der Waals surface area contributed by atoms with E-state index in [0.29, 0.717) is 5.92 Å². The van der Waals surface area contributed by atoms with Gasteiger partial charge in [0.05, 0.1) is 4.92 Å². The first-order chi connectivity index (χ1) is 7.29. The van der Waals surface area contributed by atoms with Gasteiger partial charge >= 0.3 is 0 Å². The van der Waals surface area contributed by atoms with Crippen LogP contribution in [0.2, 0.25) is 0 Å². The molecule has 1 aromatic rings. The zero-order chi connectivity index (χ0) is 10.7. The zero-order valence-corrected chi connectivity index (χ0v) is 8.48. The van der Waals surface area contributed by atoms with Crippen molar-refractivity contribution in [3.05, 3.63) is 39.9 Å². The topological polar surface area (TPSA) is 55.2 Å². The quantitative estimate of drug-likeness (QED) is 0.595. The summed E-state index contributed by atoms with van der Waals surface area (Å²) in [6.07, 6.45) is 2.13. The molecular formula is C11H14N2O2. The van der Waals surface area contributed by atoms with Crippen molar-refractivity contribution < 1.29 is 4.92 Å². The number of nitro benzene ring substituents is 1. The average Bonchev–Trinajstić information content (AvgIpc) is 2.30. The third-order valence-electron chi connectivity index (χ3n) is 2.87. The van der Waals surface area contributed by atoms with Gasteiger partial charge in [0, 0.05) is 24.1 Å². The van der Waals surface area contributed by atoms with Crippen molar-refractivity contribution in [3.8, 4) is 0 Å². The van der Waals surface area contributed by atoms with Crippen LogP contribution in [0, 0.1) is 10.1 Å². The van der Waals surface area contributed by atoms with Gasteiger partial charge in [-0.3, -0.25) is 10.1 Å². The molecule has 2 rings (SSSR count). The van der Waals surface area contributed by atoms with Crippen LogP contribution in [0.5, 0.6) is 0 Å². The van der Waals surface area contributed by atoms with Crippen LogP contribution < -0.4 is 5.32 Å². The van der Waals surface area contributed by atoms with Crippen LogP contribution in [-0.4, -0.2) is 18.0 Å². The van der Waals surface area contributed by atoms with Crippen molar-refractivity contribution in [1.29, 1.82) is 0 Å². The molecule has 1 aromatic carbocycles. The number of rotatable bonds is 2. The van der Waals surface area contributed by atoms with Crippen LogP contribution in [0.1, 0.15) is 24.3 Å². The fraction of sp³-hybridized carbons (Fsp3) is 0.455. The molecule has 0 aliphatic carbocycles. The zero-order valence-electron chi connectivity index (χ0n) is 8.48. The fourth-order valence-electron chi connectivity index (χ4n) is 2.12. The lowest BCUT2D eigenvalue weighted by Crippen LogP contribution is -2.28. The summed E-state index contributed by atoms with van der Waals surface area (Å²) in [5.41, 5.74) is 1.13. The van der Waals surface area contributed by atoms with Crippen LogP contribution in [0.15, 0.2) is 24.3 Å². The molecule has 1 saturated heterocycles. The highest BCUT2D eigenvalue weighted by Crippen LogP contribution is 2.30. The number of piperidine rings is 1. The predicted octanol–water partition coefficient (Wildman–Crippen LogP) is 2.06. The van der Waals surface area contributed by atoms with Crippen LogP contribution in [-0.2, 0) is 0 Å². The summed E-state index contributed by atoms with van der Waals surface area (Å²) in [7, 11) is 0. The lowest BCUT2D eigenvalue weighted by Gasteiger charge is -2.22. The van der Waals surface area contributed by atoms with Crippen molar-refractivity contribution in [2.75, 3.05) is 13.1 Å². The molecule has 4 heteroatoms. The van der Waals surface area contributed by atoms with Gasteiger partial charge in [-0.25, -0.2) is 0 Å². The second kappa shape index (κ2) is 4.40. The second-order valence-corrected chi connectivity index (χ2v) is 3.86. The molecule has 0 bridgehead atoms. The molecule has 0 unspecified atom stereocenters. The van der Waals surface area contributed by atoms with E-state index >= 15 is 0 Å². The van der Waals surface area contributed by atoms with Crippen LogP contribution in [0.3, 0.4) is 0 Å². The number of benzene rings is 1. The summed E-state index contributed by atoms with van der Waals surface area (Å²) in [5, 5.41) is 14.1. The molecule has 4 nitrogen and oxygen atoms in total. The van der Waals surface area contributed by atoms with Crippen molar-refractivity contribution in [2.24, 2.45) is 0 Å². The Labute approximate surface area is 88.5 Å². The molecule has 15 heavy (non-hydrogen) atoms. The molecule has 0 aromatic heterocycles. The van der Waals surface area contributed by atoms with Crippen molar-refractivity contribution in [3.63, 3.8) is 0 Å². The monoisotopic (exact) mass is 206 g/mol. The maximum atomic E-state index is 10.8. The molecule has 1 fully saturated rings. The summed E-state index contributed by atoms with van der Waals surface area (Å²) in [6.45, 7) is 1.88. The normalized spacial score (nSPS) is 21.2. The summed E-state index contributed by atoms with van der Waals surface area (Å²) in [4.78, 5) is 10.6. The highest BCUT2D eigenvalue weighted by Gasteiger charge is 2.22. The Morgan fingerprint density at radius 2 is 2.20 bits per heavy atom. The second-order valence-electron chi connectivity index (χ2n) is 3.86. The van der Waals surface area contributed by atoms with E-state index in [-0.39, 0.29) is 10.6 Å². The van der Waals surface area contributed by atoms with Gasteiger partial charge in [0.15, 0.2) is 0 Å². The van der Waals surface area contributed by atoms with E-state index in [4.69, 9.17) is 0 Å². The lowest BCUT2D eigenvalue weighted by molar-refractivity contribution is -0.385. The van der Waals surface area contributed by atoms with Gasteiger partial charge in [0.1, 0.15) is 0 Å². The average molecular weight is 206 g/mol. The van der Waals surface area contributed by atoms with Crippen molar-refractivity contribution in [1.82, 2.24) is 5.32 Å². The Bertz CT molecular complexity index is 359. The Morgan fingerprint density at radius 1 is 1.40 bits per heavy atom. The number of hydrogen-bond donors (Lipinski definition) is 1. The molecule has 1 heterocycles. The minimum atomic E-state index is -0.288. The number of hydrogen-bond acceptors (Lipinski definition) is 3. The first-order valence-corrected chi connectivity index (χ1v) is 5.23. The molecule has 0 saturated carbocycles. The van der Waals surface area contributed by atoms with Gasteiger partial charge in [-0.15, -0.1) is 0 Å². The van der Waals surface area contributed by atoms with Gasteiger partial charge in [-0.2, -0.15) is 0 Å². The van der Waals surface area contributed by atoms with Gasteiger partial charge in [-0.05, 0) is 19.4 Å². The van der Waals surface area contributed by atoms with E-state index in [9.17, 15) is 10.1 Å². The highest BCUT2D eigenvalue weighted by atomic mass is 16.6. The summed E-state index contributed by atoms with van der Waals surface area (Å²) >= 11 is 0. The Balaban J connectivity index is 2.29. The van der Waals surface area contributed by atoms with E-state index < -0.39 is 0 Å². The van der Waals surface area contributed by atoms with Gasteiger partial charge < -0.3 is 5.32 Å². The molecule has 1 atom stereocenters. The molecule has 80 valence electrons. The van der Waals surface area contributed by atoms with Crippen LogP contribution in [0.25, 0.3) is 0 Å². The molecule has 0 amide bonds. The maximum Gasteiger partial charge on any atom is 0.272 e. The molecule has 0 spiro atoms. The minimum absolute atomic E-state index is 0.256. The highest BCUT2D eigenvalue weighted by molar-refractivity contribution is 5.42. The first kappa shape index (κ1) is 10.1. The molecule has 1 aliphatic heterocycles. The van der Waals surface area contributed by atoms with Gasteiger partial charge in [-0.1, -0.05) is 18.2 Å². The van der Waals surface area contributed by atoms with Crippen molar-refractivity contribution >= 4 is 5.69 Å². The Morgan fingerprint density at radius 3 is 2.87 bits per heavy atom. The standard InChI is InChI=1S/C11H14N2O2/c14-13(15)11-6-2-1-5-10(11)9-4-3-7-12-8-9/h1-2,5-6,9,12H,3-4,7-8H2/t9-/m1/s1. The molecule has 0 radical (unpaired) electrons. The smallest absolute Gasteiger partial charge is 0.272 e. The number of nitro groups is 1. The third-order valence-corrected chi connectivity index (χ3v) is 2.87.